The van der Waals surface area contributed by atoms with E-state index in [0.717, 1.165) is 16.7 Å². The fourth-order valence-corrected chi connectivity index (χ4v) is 6.04. The molecule has 0 N–H and O–H groups in total. The SMILES string of the molecule is CC1CC(C)CC(OC2CC(Br)C23CCCCC3)C1. The van der Waals surface area contributed by atoms with Gasteiger partial charge in [-0.15, -0.1) is 0 Å². The van der Waals surface area contributed by atoms with Gasteiger partial charge in [0.1, 0.15) is 0 Å². The van der Waals surface area contributed by atoms with Gasteiger partial charge in [0.25, 0.3) is 0 Å². The maximum atomic E-state index is 6.60. The smallest absolute Gasteiger partial charge is 0.0656 e. The van der Waals surface area contributed by atoms with E-state index >= 15 is 0 Å². The third-order valence-corrected chi connectivity index (χ3v) is 7.25. The molecule has 0 amide bonds. The highest BCUT2D eigenvalue weighted by Crippen LogP contribution is 2.57. The van der Waals surface area contributed by atoms with Crippen molar-refractivity contribution >= 4 is 15.9 Å². The lowest BCUT2D eigenvalue weighted by molar-refractivity contribution is -0.162. The second-order valence-electron chi connectivity index (χ2n) is 7.66. The van der Waals surface area contributed by atoms with Gasteiger partial charge in [-0.05, 0) is 50.4 Å². The van der Waals surface area contributed by atoms with Crippen molar-refractivity contribution in [3.8, 4) is 0 Å². The summed E-state index contributed by atoms with van der Waals surface area (Å²) in [4.78, 5) is 0.726. The predicted molar refractivity (Wildman–Crippen MR) is 83.7 cm³/mol. The first-order valence-electron chi connectivity index (χ1n) is 8.39. The van der Waals surface area contributed by atoms with Crippen LogP contribution < -0.4 is 0 Å². The van der Waals surface area contributed by atoms with Gasteiger partial charge in [-0.25, -0.2) is 0 Å². The van der Waals surface area contributed by atoms with Crippen LogP contribution in [0.15, 0.2) is 0 Å². The molecule has 1 spiro atoms. The molecule has 3 aliphatic rings. The molecule has 110 valence electrons. The van der Waals surface area contributed by atoms with Crippen LogP contribution in [0.3, 0.4) is 0 Å². The summed E-state index contributed by atoms with van der Waals surface area (Å²) in [5.74, 6) is 1.71. The van der Waals surface area contributed by atoms with E-state index < -0.39 is 0 Å². The van der Waals surface area contributed by atoms with Gasteiger partial charge >= 0.3 is 0 Å². The van der Waals surface area contributed by atoms with Crippen LogP contribution in [0.4, 0.5) is 0 Å². The molecule has 4 atom stereocenters. The lowest BCUT2D eigenvalue weighted by Crippen LogP contribution is -2.57. The van der Waals surface area contributed by atoms with Crippen LogP contribution >= 0.6 is 15.9 Å². The monoisotopic (exact) mass is 328 g/mol. The second-order valence-corrected chi connectivity index (χ2v) is 8.77. The standard InChI is InChI=1S/C17H29BrO/c1-12-8-13(2)10-14(9-12)19-16-11-15(18)17(16)6-4-3-5-7-17/h12-16H,3-11H2,1-2H3. The van der Waals surface area contributed by atoms with Crippen LogP contribution in [0.2, 0.25) is 0 Å². The summed E-state index contributed by atoms with van der Waals surface area (Å²) in [6.45, 7) is 4.80. The number of hydrogen-bond donors (Lipinski definition) is 0. The molecule has 0 aromatic carbocycles. The van der Waals surface area contributed by atoms with Gasteiger partial charge < -0.3 is 4.74 Å². The summed E-state index contributed by atoms with van der Waals surface area (Å²) in [5.41, 5.74) is 0.502. The number of ether oxygens (including phenoxy) is 1. The zero-order valence-electron chi connectivity index (χ0n) is 12.5. The highest BCUT2D eigenvalue weighted by atomic mass is 79.9. The lowest BCUT2D eigenvalue weighted by Gasteiger charge is -2.56. The van der Waals surface area contributed by atoms with Gasteiger partial charge in [0.2, 0.25) is 0 Å². The Hall–Kier alpha value is 0.440. The topological polar surface area (TPSA) is 9.23 Å². The highest BCUT2D eigenvalue weighted by molar-refractivity contribution is 9.09. The molecule has 4 unspecified atom stereocenters. The molecule has 0 aromatic heterocycles. The summed E-state index contributed by atoms with van der Waals surface area (Å²) < 4.78 is 6.60. The summed E-state index contributed by atoms with van der Waals surface area (Å²) >= 11 is 3.93. The maximum absolute atomic E-state index is 6.60. The minimum Gasteiger partial charge on any atom is -0.374 e. The molecule has 0 radical (unpaired) electrons. The first kappa shape index (κ1) is 14.4. The van der Waals surface area contributed by atoms with Crippen molar-refractivity contribution in [1.82, 2.24) is 0 Å². The number of halogens is 1. The number of alkyl halides is 1. The molecular formula is C17H29BrO. The van der Waals surface area contributed by atoms with Gasteiger partial charge in [0, 0.05) is 10.2 Å². The van der Waals surface area contributed by atoms with Crippen LogP contribution in [0.25, 0.3) is 0 Å². The van der Waals surface area contributed by atoms with Crippen molar-refractivity contribution in [3.05, 3.63) is 0 Å². The molecule has 0 saturated heterocycles. The highest BCUT2D eigenvalue weighted by Gasteiger charge is 2.55. The van der Waals surface area contributed by atoms with E-state index in [4.69, 9.17) is 4.74 Å². The van der Waals surface area contributed by atoms with E-state index in [-0.39, 0.29) is 0 Å². The van der Waals surface area contributed by atoms with Crippen molar-refractivity contribution in [2.24, 2.45) is 17.3 Å². The average Bonchev–Trinajstić information content (AvgIpc) is 2.38. The first-order valence-corrected chi connectivity index (χ1v) is 9.31. The van der Waals surface area contributed by atoms with Crippen LogP contribution in [0.5, 0.6) is 0 Å². The molecule has 3 rings (SSSR count). The van der Waals surface area contributed by atoms with Gasteiger partial charge in [-0.1, -0.05) is 49.0 Å². The fourth-order valence-electron chi connectivity index (χ4n) is 4.95. The van der Waals surface area contributed by atoms with Crippen molar-refractivity contribution in [2.75, 3.05) is 0 Å². The van der Waals surface area contributed by atoms with Crippen LogP contribution in [-0.2, 0) is 4.74 Å². The lowest BCUT2D eigenvalue weighted by atomic mass is 9.58. The Balaban J connectivity index is 1.60. The van der Waals surface area contributed by atoms with Gasteiger partial charge in [0.05, 0.1) is 12.2 Å². The maximum Gasteiger partial charge on any atom is 0.0656 e. The number of hydrogen-bond acceptors (Lipinski definition) is 1. The molecule has 0 aliphatic heterocycles. The van der Waals surface area contributed by atoms with E-state index in [1.807, 2.05) is 0 Å². The molecule has 19 heavy (non-hydrogen) atoms. The van der Waals surface area contributed by atoms with Crippen molar-refractivity contribution in [3.63, 3.8) is 0 Å². The summed E-state index contributed by atoms with van der Waals surface area (Å²) in [5, 5.41) is 0. The fraction of sp³-hybridized carbons (Fsp3) is 1.00. The summed E-state index contributed by atoms with van der Waals surface area (Å²) in [7, 11) is 0. The average molecular weight is 329 g/mol. The Morgan fingerprint density at radius 3 is 2.11 bits per heavy atom. The van der Waals surface area contributed by atoms with Crippen LogP contribution in [0, 0.1) is 17.3 Å². The molecule has 0 bridgehead atoms. The third kappa shape index (κ3) is 2.77. The first-order chi connectivity index (χ1) is 9.10. The molecule has 2 heteroatoms. The molecule has 3 saturated carbocycles. The second kappa shape index (κ2) is 5.67. The van der Waals surface area contributed by atoms with E-state index in [1.54, 1.807) is 0 Å². The molecule has 3 fully saturated rings. The van der Waals surface area contributed by atoms with Gasteiger partial charge in [-0.2, -0.15) is 0 Å². The molecule has 0 aromatic rings. The molecular weight excluding hydrogens is 300 g/mol. The molecule has 0 heterocycles. The van der Waals surface area contributed by atoms with E-state index in [1.165, 1.54) is 57.8 Å². The Labute approximate surface area is 127 Å². The van der Waals surface area contributed by atoms with Crippen LogP contribution in [0.1, 0.15) is 71.6 Å². The van der Waals surface area contributed by atoms with E-state index in [2.05, 4.69) is 29.8 Å². The Kier molecular flexibility index (Phi) is 4.29. The van der Waals surface area contributed by atoms with E-state index in [9.17, 15) is 0 Å². The van der Waals surface area contributed by atoms with Crippen molar-refractivity contribution in [1.29, 1.82) is 0 Å². The Morgan fingerprint density at radius 1 is 0.895 bits per heavy atom. The Morgan fingerprint density at radius 2 is 1.53 bits per heavy atom. The largest absolute Gasteiger partial charge is 0.374 e. The summed E-state index contributed by atoms with van der Waals surface area (Å²) in [6.07, 6.45) is 13.4. The van der Waals surface area contributed by atoms with Crippen LogP contribution in [-0.4, -0.2) is 17.0 Å². The zero-order chi connectivity index (χ0) is 13.5. The van der Waals surface area contributed by atoms with Crippen molar-refractivity contribution < 1.29 is 4.74 Å². The minimum absolute atomic E-state index is 0.502. The van der Waals surface area contributed by atoms with Gasteiger partial charge in [-0.3, -0.25) is 0 Å². The predicted octanol–water partition coefficient (Wildman–Crippen LogP) is 5.31. The minimum atomic E-state index is 0.502. The van der Waals surface area contributed by atoms with E-state index in [0.29, 0.717) is 17.6 Å². The summed E-state index contributed by atoms with van der Waals surface area (Å²) in [6, 6.07) is 0. The van der Waals surface area contributed by atoms with Gasteiger partial charge in [0.15, 0.2) is 0 Å². The quantitative estimate of drug-likeness (QED) is 0.624. The molecule has 3 aliphatic carbocycles. The normalized spacial score (nSPS) is 45.9. The zero-order valence-corrected chi connectivity index (χ0v) is 14.1. The van der Waals surface area contributed by atoms with Crippen molar-refractivity contribution in [2.45, 2.75) is 88.7 Å². The molecule has 1 nitrogen and oxygen atoms in total. The third-order valence-electron chi connectivity index (χ3n) is 5.96. The Bertz CT molecular complexity index is 300. The number of rotatable bonds is 2.